The second-order valence-corrected chi connectivity index (χ2v) is 11.2. The summed E-state index contributed by atoms with van der Waals surface area (Å²) in [5.41, 5.74) is 3.15. The van der Waals surface area contributed by atoms with E-state index in [-0.39, 0.29) is 42.0 Å². The van der Waals surface area contributed by atoms with Crippen LogP contribution in [0.5, 0.6) is 0 Å². The summed E-state index contributed by atoms with van der Waals surface area (Å²) in [5, 5.41) is 2.96. The molecular weight excluding hydrogens is 466 g/mol. The van der Waals surface area contributed by atoms with Crippen molar-refractivity contribution in [3.8, 4) is 0 Å². The summed E-state index contributed by atoms with van der Waals surface area (Å²) in [4.78, 5) is 25.5. The first-order chi connectivity index (χ1) is 16.5. The molecule has 0 radical (unpaired) electrons. The quantitative estimate of drug-likeness (QED) is 0.536. The van der Waals surface area contributed by atoms with E-state index in [4.69, 9.17) is 4.74 Å². The van der Waals surface area contributed by atoms with Gasteiger partial charge in [0.25, 0.3) is 0 Å². The maximum atomic E-state index is 13.7. The fraction of sp³-hybridized carbons (Fsp3) is 0.538. The molecule has 2 heterocycles. The van der Waals surface area contributed by atoms with Crippen LogP contribution in [0.3, 0.4) is 0 Å². The molecule has 1 fully saturated rings. The van der Waals surface area contributed by atoms with Crippen LogP contribution >= 0.6 is 0 Å². The van der Waals surface area contributed by atoms with Crippen molar-refractivity contribution in [2.75, 3.05) is 25.0 Å². The van der Waals surface area contributed by atoms with Crippen molar-refractivity contribution in [3.63, 3.8) is 0 Å². The highest BCUT2D eigenvalue weighted by atomic mass is 32.2. The lowest BCUT2D eigenvalue weighted by molar-refractivity contribution is -0.120. The summed E-state index contributed by atoms with van der Waals surface area (Å²) < 4.78 is 35.7. The van der Waals surface area contributed by atoms with Gasteiger partial charge < -0.3 is 14.6 Å². The third-order valence-corrected chi connectivity index (χ3v) is 8.85. The number of nitrogens with one attached hydrogen (secondary N) is 1. The van der Waals surface area contributed by atoms with Gasteiger partial charge in [-0.2, -0.15) is 4.31 Å². The molecule has 9 heteroatoms. The molecule has 1 N–H and O–H groups in total. The molecule has 1 aliphatic heterocycles. The zero-order valence-corrected chi connectivity index (χ0v) is 22.4. The molecule has 0 bridgehead atoms. The van der Waals surface area contributed by atoms with Crippen LogP contribution in [0.15, 0.2) is 29.2 Å². The van der Waals surface area contributed by atoms with Crippen LogP contribution in [0.1, 0.15) is 73.8 Å². The number of benzene rings is 1. The van der Waals surface area contributed by atoms with E-state index in [0.717, 1.165) is 5.69 Å². The topological polar surface area (TPSA) is 97.7 Å². The Morgan fingerprint density at radius 3 is 2.17 bits per heavy atom. The molecule has 3 rings (SSSR count). The SMILES string of the molecule is CCOC(=O)c1c(S(=O)(=O)N2CCC(C(=O)Nc3ccc(C(C)C)cc3)CC2)c(C)n(CC)c1C. The number of sulfonamides is 1. The van der Waals surface area contributed by atoms with E-state index in [0.29, 0.717) is 36.7 Å². The van der Waals surface area contributed by atoms with Gasteiger partial charge in [-0.3, -0.25) is 4.79 Å². The standard InChI is InChI=1S/C26H37N3O5S/c1-7-29-18(5)23(26(31)34-8-2)24(19(29)6)35(32,33)28-15-13-21(14-16-28)25(30)27-22-11-9-20(10-12-22)17(3)4/h9-12,17,21H,7-8,13-16H2,1-6H3,(H,27,30). The monoisotopic (exact) mass is 503 g/mol. The third-order valence-electron chi connectivity index (χ3n) is 6.79. The molecule has 35 heavy (non-hydrogen) atoms. The van der Waals surface area contributed by atoms with E-state index < -0.39 is 16.0 Å². The van der Waals surface area contributed by atoms with Crippen LogP contribution < -0.4 is 5.32 Å². The van der Waals surface area contributed by atoms with Gasteiger partial charge >= 0.3 is 5.97 Å². The molecule has 0 spiro atoms. The molecule has 0 unspecified atom stereocenters. The Hall–Kier alpha value is -2.65. The number of ether oxygens (including phenoxy) is 1. The smallest absolute Gasteiger partial charge is 0.341 e. The first-order valence-electron chi connectivity index (χ1n) is 12.3. The van der Waals surface area contributed by atoms with Crippen molar-refractivity contribution in [1.82, 2.24) is 8.87 Å². The van der Waals surface area contributed by atoms with Crippen LogP contribution in [0.25, 0.3) is 0 Å². The summed E-state index contributed by atoms with van der Waals surface area (Å²) in [6, 6.07) is 7.80. The summed E-state index contributed by atoms with van der Waals surface area (Å²) in [6.07, 6.45) is 0.826. The Balaban J connectivity index is 1.75. The zero-order valence-electron chi connectivity index (χ0n) is 21.6. The van der Waals surface area contributed by atoms with Crippen molar-refractivity contribution in [1.29, 1.82) is 0 Å². The minimum Gasteiger partial charge on any atom is -0.462 e. The summed E-state index contributed by atoms with van der Waals surface area (Å²) in [6.45, 7) is 12.4. The first-order valence-corrected chi connectivity index (χ1v) is 13.7. The third kappa shape index (κ3) is 5.46. The van der Waals surface area contributed by atoms with E-state index in [1.165, 1.54) is 9.87 Å². The lowest BCUT2D eigenvalue weighted by Gasteiger charge is -2.30. The van der Waals surface area contributed by atoms with Gasteiger partial charge in [-0.05, 0) is 64.2 Å². The van der Waals surface area contributed by atoms with Crippen molar-refractivity contribution < 1.29 is 22.7 Å². The van der Waals surface area contributed by atoms with E-state index in [2.05, 4.69) is 19.2 Å². The highest BCUT2D eigenvalue weighted by Gasteiger charge is 2.38. The molecule has 1 aromatic carbocycles. The van der Waals surface area contributed by atoms with Crippen LogP contribution in [-0.2, 0) is 26.1 Å². The van der Waals surface area contributed by atoms with Crippen molar-refractivity contribution in [2.45, 2.75) is 71.7 Å². The molecule has 1 amide bonds. The lowest BCUT2D eigenvalue weighted by Crippen LogP contribution is -2.42. The van der Waals surface area contributed by atoms with Crippen LogP contribution in [-0.4, -0.2) is 48.9 Å². The number of anilines is 1. The molecule has 8 nitrogen and oxygen atoms in total. The Morgan fingerprint density at radius 2 is 1.66 bits per heavy atom. The Bertz CT molecular complexity index is 1170. The van der Waals surface area contributed by atoms with Gasteiger partial charge in [0.2, 0.25) is 15.9 Å². The molecule has 1 saturated heterocycles. The minimum atomic E-state index is -3.94. The Kier molecular flexibility index (Phi) is 8.43. The number of carbonyl (C=O) groups excluding carboxylic acids is 2. The predicted molar refractivity (Wildman–Crippen MR) is 136 cm³/mol. The van der Waals surface area contributed by atoms with Crippen LogP contribution in [0, 0.1) is 19.8 Å². The van der Waals surface area contributed by atoms with Gasteiger partial charge in [-0.1, -0.05) is 26.0 Å². The number of nitrogens with zero attached hydrogens (tertiary/aromatic N) is 2. The molecule has 1 aliphatic rings. The maximum absolute atomic E-state index is 13.7. The fourth-order valence-corrected chi connectivity index (χ4v) is 6.69. The molecule has 192 valence electrons. The van der Waals surface area contributed by atoms with Crippen LogP contribution in [0.2, 0.25) is 0 Å². The summed E-state index contributed by atoms with van der Waals surface area (Å²) in [5.74, 6) is -0.594. The molecule has 0 atom stereocenters. The van der Waals surface area contributed by atoms with Gasteiger partial charge in [0, 0.05) is 42.6 Å². The number of amides is 1. The van der Waals surface area contributed by atoms with Gasteiger partial charge in [-0.25, -0.2) is 13.2 Å². The molecule has 0 aliphatic carbocycles. The number of piperidine rings is 1. The normalized spacial score (nSPS) is 15.4. The van der Waals surface area contributed by atoms with Gasteiger partial charge in [0.1, 0.15) is 10.5 Å². The van der Waals surface area contributed by atoms with E-state index >= 15 is 0 Å². The van der Waals surface area contributed by atoms with Gasteiger partial charge in [0.05, 0.1) is 6.61 Å². The van der Waals surface area contributed by atoms with E-state index in [1.807, 2.05) is 35.8 Å². The number of carbonyl (C=O) groups is 2. The zero-order chi connectivity index (χ0) is 25.9. The maximum Gasteiger partial charge on any atom is 0.341 e. The van der Waals surface area contributed by atoms with Gasteiger partial charge in [0.15, 0.2) is 0 Å². The average molecular weight is 504 g/mol. The van der Waals surface area contributed by atoms with E-state index in [1.54, 1.807) is 20.8 Å². The number of hydrogen-bond donors (Lipinski definition) is 1. The van der Waals surface area contributed by atoms with Crippen molar-refractivity contribution in [2.24, 2.45) is 5.92 Å². The van der Waals surface area contributed by atoms with Gasteiger partial charge in [-0.15, -0.1) is 0 Å². The number of esters is 1. The summed E-state index contributed by atoms with van der Waals surface area (Å²) in [7, 11) is -3.94. The highest BCUT2D eigenvalue weighted by molar-refractivity contribution is 7.89. The second kappa shape index (κ2) is 11.0. The molecule has 0 saturated carbocycles. The minimum absolute atomic E-state index is 0.0171. The predicted octanol–water partition coefficient (Wildman–Crippen LogP) is 4.46. The molecule has 2 aromatic rings. The Morgan fingerprint density at radius 1 is 1.06 bits per heavy atom. The van der Waals surface area contributed by atoms with Crippen molar-refractivity contribution >= 4 is 27.6 Å². The largest absolute Gasteiger partial charge is 0.462 e. The average Bonchev–Trinajstić information content (AvgIpc) is 3.09. The fourth-order valence-electron chi connectivity index (χ4n) is 4.77. The number of rotatable bonds is 8. The van der Waals surface area contributed by atoms with Crippen molar-refractivity contribution in [3.05, 3.63) is 46.8 Å². The first kappa shape index (κ1) is 26.9. The number of aromatic nitrogens is 1. The molecule has 1 aromatic heterocycles. The summed E-state index contributed by atoms with van der Waals surface area (Å²) >= 11 is 0. The Labute approximate surface area is 208 Å². The second-order valence-electron chi connectivity index (χ2n) is 9.28. The molecular formula is C26H37N3O5S. The highest BCUT2D eigenvalue weighted by Crippen LogP contribution is 2.33. The van der Waals surface area contributed by atoms with E-state index in [9.17, 15) is 18.0 Å². The van der Waals surface area contributed by atoms with Crippen LogP contribution in [0.4, 0.5) is 5.69 Å². The number of hydrogen-bond acceptors (Lipinski definition) is 5. The lowest BCUT2D eigenvalue weighted by atomic mass is 9.97.